The van der Waals surface area contributed by atoms with E-state index in [2.05, 4.69) is 10.3 Å². The van der Waals surface area contributed by atoms with Gasteiger partial charge in [-0.05, 0) is 80.5 Å². The summed E-state index contributed by atoms with van der Waals surface area (Å²) in [5.74, 6) is -2.32. The third-order valence-corrected chi connectivity index (χ3v) is 7.46. The molecular formula is C24H22F3N3O. The summed E-state index contributed by atoms with van der Waals surface area (Å²) in [5.41, 5.74) is 0.303. The summed E-state index contributed by atoms with van der Waals surface area (Å²) in [5, 5.41) is 3.29. The van der Waals surface area contributed by atoms with E-state index >= 15 is 0 Å². The van der Waals surface area contributed by atoms with E-state index < -0.39 is 17.5 Å². The van der Waals surface area contributed by atoms with Crippen molar-refractivity contribution in [2.45, 2.75) is 44.1 Å². The van der Waals surface area contributed by atoms with E-state index in [0.717, 1.165) is 31.4 Å². The van der Waals surface area contributed by atoms with Gasteiger partial charge in [-0.25, -0.2) is 18.2 Å². The maximum atomic E-state index is 14.5. The van der Waals surface area contributed by atoms with Crippen LogP contribution in [-0.2, 0) is 0 Å². The summed E-state index contributed by atoms with van der Waals surface area (Å²) in [6.45, 7) is 0. The zero-order valence-corrected chi connectivity index (χ0v) is 16.9. The normalized spacial score (nSPS) is 28.9. The number of fused-ring (bicyclic) bond motifs is 1. The SMILES string of the molecule is O=C(NC12CC3CC(CC(C3)C1)C2)c1nc(-c2ccc(F)c(F)c2F)n2ccccc12. The van der Waals surface area contributed by atoms with Crippen LogP contribution in [0.15, 0.2) is 36.5 Å². The third kappa shape index (κ3) is 2.89. The van der Waals surface area contributed by atoms with Crippen LogP contribution in [0.4, 0.5) is 13.2 Å². The lowest BCUT2D eigenvalue weighted by Gasteiger charge is -2.56. The molecule has 0 aliphatic heterocycles. The fourth-order valence-corrected chi connectivity index (χ4v) is 6.66. The van der Waals surface area contributed by atoms with Gasteiger partial charge in [-0.3, -0.25) is 9.20 Å². The molecule has 4 aliphatic rings. The van der Waals surface area contributed by atoms with Gasteiger partial charge in [0.15, 0.2) is 23.1 Å². The van der Waals surface area contributed by atoms with E-state index in [4.69, 9.17) is 0 Å². The maximum absolute atomic E-state index is 14.5. The Labute approximate surface area is 177 Å². The monoisotopic (exact) mass is 425 g/mol. The molecule has 0 unspecified atom stereocenters. The highest BCUT2D eigenvalue weighted by atomic mass is 19.2. The molecule has 7 rings (SSSR count). The van der Waals surface area contributed by atoms with Gasteiger partial charge in [0.1, 0.15) is 5.82 Å². The average Bonchev–Trinajstić information content (AvgIpc) is 3.11. The molecule has 2 heterocycles. The molecule has 4 nitrogen and oxygen atoms in total. The summed E-state index contributed by atoms with van der Waals surface area (Å²) >= 11 is 0. The van der Waals surface area contributed by atoms with Crippen molar-refractivity contribution in [3.05, 3.63) is 59.7 Å². The number of benzene rings is 1. The summed E-state index contributed by atoms with van der Waals surface area (Å²) in [4.78, 5) is 17.8. The van der Waals surface area contributed by atoms with Crippen LogP contribution in [0.2, 0.25) is 0 Å². The van der Waals surface area contributed by atoms with Crippen molar-refractivity contribution in [3.63, 3.8) is 0 Å². The number of hydrogen-bond acceptors (Lipinski definition) is 2. The minimum Gasteiger partial charge on any atom is -0.345 e. The van der Waals surface area contributed by atoms with Crippen LogP contribution >= 0.6 is 0 Å². The molecule has 4 aliphatic carbocycles. The first-order chi connectivity index (χ1) is 14.9. The molecule has 3 aromatic rings. The van der Waals surface area contributed by atoms with Crippen molar-refractivity contribution in [1.29, 1.82) is 0 Å². The van der Waals surface area contributed by atoms with Crippen molar-refractivity contribution in [2.24, 2.45) is 17.8 Å². The zero-order valence-electron chi connectivity index (χ0n) is 16.9. The molecule has 2 aromatic heterocycles. The first-order valence-electron chi connectivity index (χ1n) is 10.9. The Morgan fingerprint density at radius 3 is 2.32 bits per heavy atom. The van der Waals surface area contributed by atoms with Gasteiger partial charge in [0.25, 0.3) is 5.91 Å². The second kappa shape index (κ2) is 6.58. The van der Waals surface area contributed by atoms with Crippen LogP contribution in [0.5, 0.6) is 0 Å². The summed E-state index contributed by atoms with van der Waals surface area (Å²) < 4.78 is 43.3. The number of pyridine rings is 1. The van der Waals surface area contributed by atoms with Crippen LogP contribution in [-0.4, -0.2) is 20.8 Å². The molecule has 0 spiro atoms. The molecule has 4 bridgehead atoms. The molecule has 1 N–H and O–H groups in total. The van der Waals surface area contributed by atoms with Crippen molar-refractivity contribution in [2.75, 3.05) is 0 Å². The van der Waals surface area contributed by atoms with Gasteiger partial charge >= 0.3 is 0 Å². The van der Waals surface area contributed by atoms with E-state index in [9.17, 15) is 18.0 Å². The minimum absolute atomic E-state index is 0.0719. The number of carbonyl (C=O) groups excluding carboxylic acids is 1. The third-order valence-electron chi connectivity index (χ3n) is 7.46. The first kappa shape index (κ1) is 18.9. The smallest absolute Gasteiger partial charge is 0.272 e. The lowest BCUT2D eigenvalue weighted by Crippen LogP contribution is -2.59. The summed E-state index contributed by atoms with van der Waals surface area (Å²) in [7, 11) is 0. The van der Waals surface area contributed by atoms with E-state index in [1.165, 1.54) is 19.3 Å². The van der Waals surface area contributed by atoms with Crippen LogP contribution in [0, 0.1) is 35.2 Å². The van der Waals surface area contributed by atoms with Gasteiger partial charge in [0, 0.05) is 11.7 Å². The van der Waals surface area contributed by atoms with Crippen LogP contribution < -0.4 is 5.32 Å². The molecule has 0 atom stereocenters. The van der Waals surface area contributed by atoms with Gasteiger partial charge in [-0.1, -0.05) is 6.07 Å². The maximum Gasteiger partial charge on any atom is 0.272 e. The second-order valence-electron chi connectivity index (χ2n) is 9.61. The Balaban J connectivity index is 1.40. The minimum atomic E-state index is -1.55. The molecular weight excluding hydrogens is 403 g/mol. The highest BCUT2D eigenvalue weighted by Crippen LogP contribution is 2.55. The van der Waals surface area contributed by atoms with Crippen LogP contribution in [0.3, 0.4) is 0 Å². The first-order valence-corrected chi connectivity index (χ1v) is 10.9. The topological polar surface area (TPSA) is 46.4 Å². The number of rotatable bonds is 3. The largest absolute Gasteiger partial charge is 0.345 e. The molecule has 1 aromatic carbocycles. The predicted molar refractivity (Wildman–Crippen MR) is 109 cm³/mol. The Morgan fingerprint density at radius 2 is 1.65 bits per heavy atom. The molecule has 160 valence electrons. The van der Waals surface area contributed by atoms with Crippen molar-refractivity contribution < 1.29 is 18.0 Å². The Kier molecular flexibility index (Phi) is 4.01. The fraction of sp³-hybridized carbons (Fsp3) is 0.417. The van der Waals surface area contributed by atoms with Gasteiger partial charge in [0.05, 0.1) is 11.1 Å². The van der Waals surface area contributed by atoms with E-state index in [1.807, 2.05) is 0 Å². The highest BCUT2D eigenvalue weighted by molar-refractivity contribution is 6.00. The van der Waals surface area contributed by atoms with E-state index in [0.29, 0.717) is 23.3 Å². The number of carbonyl (C=O) groups is 1. The Hall–Kier alpha value is -2.83. The fourth-order valence-electron chi connectivity index (χ4n) is 6.66. The van der Waals surface area contributed by atoms with E-state index in [1.54, 1.807) is 28.8 Å². The van der Waals surface area contributed by atoms with Crippen LogP contribution in [0.25, 0.3) is 16.9 Å². The number of nitrogens with zero attached hydrogens (tertiary/aromatic N) is 2. The predicted octanol–water partition coefficient (Wildman–Crippen LogP) is 5.12. The quantitative estimate of drug-likeness (QED) is 0.593. The van der Waals surface area contributed by atoms with Gasteiger partial charge < -0.3 is 5.32 Å². The molecule has 0 saturated heterocycles. The number of halogens is 3. The van der Waals surface area contributed by atoms with Crippen LogP contribution in [0.1, 0.15) is 49.0 Å². The van der Waals surface area contributed by atoms with Gasteiger partial charge in [-0.15, -0.1) is 0 Å². The van der Waals surface area contributed by atoms with Gasteiger partial charge in [-0.2, -0.15) is 0 Å². The standard InChI is InChI=1S/C24H22F3N3O/c25-17-5-4-16(19(26)20(17)27)22-28-21(18-3-1-2-6-30(18)22)23(31)29-24-10-13-7-14(11-24)9-15(8-13)12-24/h1-6,13-15H,7-12H2,(H,29,31). The molecule has 1 amide bonds. The second-order valence-corrected chi connectivity index (χ2v) is 9.61. The van der Waals surface area contributed by atoms with E-state index in [-0.39, 0.29) is 28.5 Å². The summed E-state index contributed by atoms with van der Waals surface area (Å²) in [6.07, 6.45) is 8.44. The number of amides is 1. The number of nitrogens with one attached hydrogen (secondary N) is 1. The molecule has 31 heavy (non-hydrogen) atoms. The highest BCUT2D eigenvalue weighted by Gasteiger charge is 2.51. The average molecular weight is 425 g/mol. The van der Waals surface area contributed by atoms with Gasteiger partial charge in [0.2, 0.25) is 0 Å². The zero-order chi connectivity index (χ0) is 21.3. The van der Waals surface area contributed by atoms with Crippen molar-refractivity contribution >= 4 is 11.4 Å². The van der Waals surface area contributed by atoms with Crippen molar-refractivity contribution in [3.8, 4) is 11.4 Å². The number of imidazole rings is 1. The lowest BCUT2D eigenvalue weighted by atomic mass is 9.53. The Morgan fingerprint density at radius 1 is 0.968 bits per heavy atom. The molecule has 4 saturated carbocycles. The Bertz CT molecular complexity index is 1180. The number of hydrogen-bond donors (Lipinski definition) is 1. The van der Waals surface area contributed by atoms with Crippen molar-refractivity contribution in [1.82, 2.24) is 14.7 Å². The molecule has 0 radical (unpaired) electrons. The molecule has 7 heteroatoms. The lowest BCUT2D eigenvalue weighted by molar-refractivity contribution is -0.0167. The number of aromatic nitrogens is 2. The molecule has 4 fully saturated rings. The summed E-state index contributed by atoms with van der Waals surface area (Å²) in [6, 6.07) is 7.23.